The van der Waals surface area contributed by atoms with Crippen molar-refractivity contribution in [2.75, 3.05) is 13.7 Å². The fourth-order valence-corrected chi connectivity index (χ4v) is 3.90. The highest BCUT2D eigenvalue weighted by atomic mass is 16.5. The first-order valence-corrected chi connectivity index (χ1v) is 12.4. The van der Waals surface area contributed by atoms with Crippen molar-refractivity contribution in [1.29, 1.82) is 0 Å². The van der Waals surface area contributed by atoms with Gasteiger partial charge in [-0.05, 0) is 61.2 Å². The topological polar surface area (TPSA) is 67.9 Å². The van der Waals surface area contributed by atoms with Gasteiger partial charge in [-0.3, -0.25) is 9.59 Å². The Morgan fingerprint density at radius 3 is 2.31 bits per heavy atom. The molecule has 3 aromatic rings. The lowest BCUT2D eigenvalue weighted by Crippen LogP contribution is -2.53. The quantitative estimate of drug-likeness (QED) is 0.392. The summed E-state index contributed by atoms with van der Waals surface area (Å²) >= 11 is 0. The van der Waals surface area contributed by atoms with Crippen molar-refractivity contribution in [1.82, 2.24) is 10.2 Å². The van der Waals surface area contributed by atoms with E-state index in [2.05, 4.69) is 5.32 Å². The largest absolute Gasteiger partial charge is 0.497 e. The van der Waals surface area contributed by atoms with Gasteiger partial charge >= 0.3 is 0 Å². The van der Waals surface area contributed by atoms with Gasteiger partial charge in [0, 0.05) is 19.0 Å². The lowest BCUT2D eigenvalue weighted by atomic mass is 10.0. The van der Waals surface area contributed by atoms with E-state index in [0.717, 1.165) is 23.1 Å². The maximum absolute atomic E-state index is 13.6. The number of benzene rings is 3. The molecule has 2 atom stereocenters. The number of ether oxygens (including phenoxy) is 2. The lowest BCUT2D eigenvalue weighted by Gasteiger charge is -2.32. The minimum atomic E-state index is -0.707. The first-order chi connectivity index (χ1) is 17.4. The van der Waals surface area contributed by atoms with E-state index in [1.54, 1.807) is 12.0 Å². The summed E-state index contributed by atoms with van der Waals surface area (Å²) in [5.74, 6) is 0.868. The maximum atomic E-state index is 13.6. The summed E-state index contributed by atoms with van der Waals surface area (Å²) in [5, 5.41) is 3.08. The zero-order valence-corrected chi connectivity index (χ0v) is 21.6. The molecular formula is C30H36N2O4. The number of hydrogen-bond acceptors (Lipinski definition) is 4. The van der Waals surface area contributed by atoms with Gasteiger partial charge in [0.2, 0.25) is 5.91 Å². The van der Waals surface area contributed by atoms with Crippen molar-refractivity contribution < 1.29 is 19.1 Å². The number of hydrogen-bond donors (Lipinski definition) is 1. The molecule has 6 heteroatoms. The summed E-state index contributed by atoms with van der Waals surface area (Å²) in [6, 6.07) is 24.2. The Labute approximate surface area is 214 Å². The highest BCUT2D eigenvalue weighted by molar-refractivity contribution is 5.88. The van der Waals surface area contributed by atoms with Crippen LogP contribution in [0.4, 0.5) is 0 Å². The number of amides is 2. The van der Waals surface area contributed by atoms with Gasteiger partial charge in [0.1, 0.15) is 17.5 Å². The van der Waals surface area contributed by atoms with Gasteiger partial charge in [-0.25, -0.2) is 0 Å². The number of carbonyl (C=O) groups is 2. The van der Waals surface area contributed by atoms with Crippen LogP contribution in [0.2, 0.25) is 0 Å². The lowest BCUT2D eigenvalue weighted by molar-refractivity contribution is -0.143. The van der Waals surface area contributed by atoms with Gasteiger partial charge in [-0.1, -0.05) is 61.5 Å². The fourth-order valence-electron chi connectivity index (χ4n) is 3.90. The van der Waals surface area contributed by atoms with Crippen molar-refractivity contribution >= 4 is 11.8 Å². The Morgan fingerprint density at radius 1 is 0.917 bits per heavy atom. The minimum absolute atomic E-state index is 0.00640. The van der Waals surface area contributed by atoms with Crippen molar-refractivity contribution in [3.63, 3.8) is 0 Å². The monoisotopic (exact) mass is 488 g/mol. The first-order valence-electron chi connectivity index (χ1n) is 12.4. The van der Waals surface area contributed by atoms with Crippen LogP contribution in [0, 0.1) is 6.92 Å². The number of rotatable bonds is 12. The zero-order valence-electron chi connectivity index (χ0n) is 21.6. The van der Waals surface area contributed by atoms with Gasteiger partial charge in [-0.15, -0.1) is 0 Å². The average molecular weight is 489 g/mol. The van der Waals surface area contributed by atoms with Crippen LogP contribution in [0.25, 0.3) is 0 Å². The van der Waals surface area contributed by atoms with Crippen LogP contribution in [0.5, 0.6) is 11.5 Å². The summed E-state index contributed by atoms with van der Waals surface area (Å²) in [6.45, 7) is 6.03. The van der Waals surface area contributed by atoms with E-state index in [1.807, 2.05) is 99.6 Å². The number of methoxy groups -OCH3 is 1. The van der Waals surface area contributed by atoms with Crippen LogP contribution >= 0.6 is 0 Å². The van der Waals surface area contributed by atoms with E-state index in [0.29, 0.717) is 17.9 Å². The molecule has 0 aliphatic rings. The average Bonchev–Trinajstić information content (AvgIpc) is 2.89. The third kappa shape index (κ3) is 7.87. The Balaban J connectivity index is 1.93. The van der Waals surface area contributed by atoms with Crippen LogP contribution in [0.3, 0.4) is 0 Å². The molecule has 0 spiro atoms. The summed E-state index contributed by atoms with van der Waals surface area (Å²) in [5.41, 5.74) is 2.89. The second-order valence-corrected chi connectivity index (χ2v) is 9.00. The van der Waals surface area contributed by atoms with Crippen molar-refractivity contribution in [2.24, 2.45) is 0 Å². The third-order valence-corrected chi connectivity index (χ3v) is 6.11. The number of nitrogens with one attached hydrogen (secondary N) is 1. The Kier molecular flexibility index (Phi) is 9.92. The van der Waals surface area contributed by atoms with E-state index in [1.165, 1.54) is 0 Å². The molecular weight excluding hydrogens is 452 g/mol. The highest BCUT2D eigenvalue weighted by Crippen LogP contribution is 2.19. The summed E-state index contributed by atoms with van der Waals surface area (Å²) in [6.07, 6.45) is 1.19. The SMILES string of the molecule is CC[C@@H](C)NC(=O)[C@@H](Cc1ccccc1)N(Cc1cccc(OC)c1)C(=O)COc1cccc(C)c1. The summed E-state index contributed by atoms with van der Waals surface area (Å²) in [4.78, 5) is 28.8. The van der Waals surface area contributed by atoms with Gasteiger partial charge in [0.25, 0.3) is 5.91 Å². The molecule has 1 N–H and O–H groups in total. The molecule has 0 saturated heterocycles. The van der Waals surface area contributed by atoms with Crippen molar-refractivity contribution in [3.8, 4) is 11.5 Å². The molecule has 36 heavy (non-hydrogen) atoms. The molecule has 0 bridgehead atoms. The Morgan fingerprint density at radius 2 is 1.61 bits per heavy atom. The molecule has 0 aliphatic heterocycles. The van der Waals surface area contributed by atoms with Gasteiger partial charge in [-0.2, -0.15) is 0 Å². The van der Waals surface area contributed by atoms with E-state index in [-0.39, 0.29) is 31.0 Å². The third-order valence-electron chi connectivity index (χ3n) is 6.11. The zero-order chi connectivity index (χ0) is 25.9. The molecule has 6 nitrogen and oxygen atoms in total. The molecule has 3 rings (SSSR count). The maximum Gasteiger partial charge on any atom is 0.261 e. The molecule has 3 aromatic carbocycles. The van der Waals surface area contributed by atoms with Crippen LogP contribution in [0.1, 0.15) is 37.0 Å². The molecule has 0 fully saturated rings. The van der Waals surface area contributed by atoms with Gasteiger partial charge in [0.05, 0.1) is 7.11 Å². The van der Waals surface area contributed by atoms with E-state index >= 15 is 0 Å². The second-order valence-electron chi connectivity index (χ2n) is 9.00. The van der Waals surface area contributed by atoms with Gasteiger partial charge < -0.3 is 19.7 Å². The van der Waals surface area contributed by atoms with Crippen molar-refractivity contribution in [3.05, 3.63) is 95.6 Å². The second kappa shape index (κ2) is 13.3. The van der Waals surface area contributed by atoms with Crippen LogP contribution in [0.15, 0.2) is 78.9 Å². The smallest absolute Gasteiger partial charge is 0.261 e. The molecule has 0 aliphatic carbocycles. The first kappa shape index (κ1) is 26.8. The molecule has 0 heterocycles. The van der Waals surface area contributed by atoms with Crippen molar-refractivity contribution in [2.45, 2.75) is 52.2 Å². The van der Waals surface area contributed by atoms with Crippen LogP contribution in [-0.2, 0) is 22.6 Å². The molecule has 190 valence electrons. The number of aryl methyl sites for hydroxylation is 1. The molecule has 0 saturated carbocycles. The Bertz CT molecular complexity index is 1130. The predicted octanol–water partition coefficient (Wildman–Crippen LogP) is 4.94. The number of carbonyl (C=O) groups excluding carboxylic acids is 2. The van der Waals surface area contributed by atoms with E-state index < -0.39 is 6.04 Å². The standard InChI is InChI=1S/C30H36N2O4/c1-5-23(3)31-30(34)28(19-24-12-7-6-8-13-24)32(20-25-14-10-15-26(18-25)35-4)29(33)21-36-27-16-9-11-22(2)17-27/h6-18,23,28H,5,19-21H2,1-4H3,(H,31,34)/t23-,28-/m1/s1. The normalized spacial score (nSPS) is 12.3. The summed E-state index contributed by atoms with van der Waals surface area (Å²) < 4.78 is 11.2. The van der Waals surface area contributed by atoms with E-state index in [9.17, 15) is 9.59 Å². The molecule has 0 aromatic heterocycles. The van der Waals surface area contributed by atoms with Gasteiger partial charge in [0.15, 0.2) is 6.61 Å². The highest BCUT2D eigenvalue weighted by Gasteiger charge is 2.31. The molecule has 0 unspecified atom stereocenters. The van der Waals surface area contributed by atoms with Crippen LogP contribution < -0.4 is 14.8 Å². The van der Waals surface area contributed by atoms with E-state index in [4.69, 9.17) is 9.47 Å². The fraction of sp³-hybridized carbons (Fsp3) is 0.333. The summed E-state index contributed by atoms with van der Waals surface area (Å²) in [7, 11) is 1.61. The predicted molar refractivity (Wildman–Crippen MR) is 142 cm³/mol. The number of nitrogens with zero attached hydrogens (tertiary/aromatic N) is 1. The minimum Gasteiger partial charge on any atom is -0.497 e. The molecule has 0 radical (unpaired) electrons. The Hall–Kier alpha value is -3.80. The van der Waals surface area contributed by atoms with Crippen LogP contribution in [-0.4, -0.2) is 42.5 Å². The molecule has 2 amide bonds.